The third-order valence-corrected chi connectivity index (χ3v) is 4.69. The highest BCUT2D eigenvalue weighted by molar-refractivity contribution is 7.09. The predicted octanol–water partition coefficient (Wildman–Crippen LogP) is 3.18. The lowest BCUT2D eigenvalue weighted by molar-refractivity contribution is 0.487. The van der Waals surface area contributed by atoms with E-state index in [-0.39, 0.29) is 6.04 Å². The molecular formula is C13H22N2S. The standard InChI is InChI=1S/C13H22N2S/c1-8(2)11(14)5-9-7-16-12(15-9)10-6-13(10,3)4/h7-8,10-11H,5-6,14H2,1-4H3. The summed E-state index contributed by atoms with van der Waals surface area (Å²) in [6.07, 6.45) is 2.21. The van der Waals surface area contributed by atoms with Crippen molar-refractivity contribution in [1.82, 2.24) is 4.98 Å². The molecule has 90 valence electrons. The van der Waals surface area contributed by atoms with E-state index in [0.29, 0.717) is 17.3 Å². The van der Waals surface area contributed by atoms with Crippen LogP contribution in [0.1, 0.15) is 50.7 Å². The lowest BCUT2D eigenvalue weighted by Crippen LogP contribution is -2.28. The van der Waals surface area contributed by atoms with E-state index in [0.717, 1.165) is 6.42 Å². The molecule has 2 unspecified atom stereocenters. The first-order valence-corrected chi connectivity index (χ1v) is 6.98. The van der Waals surface area contributed by atoms with Gasteiger partial charge in [-0.25, -0.2) is 4.98 Å². The molecule has 2 nitrogen and oxygen atoms in total. The normalized spacial score (nSPS) is 24.8. The maximum absolute atomic E-state index is 6.07. The molecule has 2 atom stereocenters. The molecule has 3 heteroatoms. The Bertz CT molecular complexity index is 368. The number of rotatable bonds is 4. The van der Waals surface area contributed by atoms with Gasteiger partial charge in [0.05, 0.1) is 10.7 Å². The number of nitrogens with zero attached hydrogens (tertiary/aromatic N) is 1. The molecule has 2 rings (SSSR count). The minimum Gasteiger partial charge on any atom is -0.327 e. The van der Waals surface area contributed by atoms with Crippen LogP contribution >= 0.6 is 11.3 Å². The third-order valence-electron chi connectivity index (χ3n) is 3.68. The second kappa shape index (κ2) is 4.11. The monoisotopic (exact) mass is 238 g/mol. The Morgan fingerprint density at radius 1 is 1.56 bits per heavy atom. The lowest BCUT2D eigenvalue weighted by atomic mass is 10.0. The second-order valence-electron chi connectivity index (χ2n) is 6.03. The fraction of sp³-hybridized carbons (Fsp3) is 0.769. The number of aromatic nitrogens is 1. The minimum atomic E-state index is 0.238. The van der Waals surface area contributed by atoms with Crippen molar-refractivity contribution in [3.05, 3.63) is 16.1 Å². The van der Waals surface area contributed by atoms with Crippen molar-refractivity contribution in [1.29, 1.82) is 0 Å². The Balaban J connectivity index is 1.98. The van der Waals surface area contributed by atoms with Crippen molar-refractivity contribution in [3.8, 4) is 0 Å². The Labute approximate surface area is 102 Å². The smallest absolute Gasteiger partial charge is 0.0964 e. The minimum absolute atomic E-state index is 0.238. The Hall–Kier alpha value is -0.410. The van der Waals surface area contributed by atoms with E-state index in [1.165, 1.54) is 17.1 Å². The van der Waals surface area contributed by atoms with Crippen LogP contribution in [0.2, 0.25) is 0 Å². The van der Waals surface area contributed by atoms with Gasteiger partial charge in [0.2, 0.25) is 0 Å². The van der Waals surface area contributed by atoms with Crippen molar-refractivity contribution in [3.63, 3.8) is 0 Å². The molecule has 1 aliphatic rings. The van der Waals surface area contributed by atoms with E-state index < -0.39 is 0 Å². The molecular weight excluding hydrogens is 216 g/mol. The zero-order valence-electron chi connectivity index (χ0n) is 10.7. The van der Waals surface area contributed by atoms with Gasteiger partial charge in [-0.2, -0.15) is 0 Å². The average Bonchev–Trinajstić information content (AvgIpc) is 2.60. The van der Waals surface area contributed by atoms with Gasteiger partial charge < -0.3 is 5.73 Å². The molecule has 1 aromatic heterocycles. The van der Waals surface area contributed by atoms with Crippen molar-refractivity contribution in [2.24, 2.45) is 17.1 Å². The fourth-order valence-electron chi connectivity index (χ4n) is 1.94. The van der Waals surface area contributed by atoms with Crippen molar-refractivity contribution in [2.75, 3.05) is 0 Å². The summed E-state index contributed by atoms with van der Waals surface area (Å²) >= 11 is 1.81. The van der Waals surface area contributed by atoms with Crippen LogP contribution in [0.5, 0.6) is 0 Å². The van der Waals surface area contributed by atoms with Gasteiger partial charge in [0.25, 0.3) is 0 Å². The Morgan fingerprint density at radius 2 is 2.19 bits per heavy atom. The van der Waals surface area contributed by atoms with Crippen LogP contribution in [-0.2, 0) is 6.42 Å². The summed E-state index contributed by atoms with van der Waals surface area (Å²) in [4.78, 5) is 4.73. The summed E-state index contributed by atoms with van der Waals surface area (Å²) in [7, 11) is 0. The third kappa shape index (κ3) is 2.46. The molecule has 1 aromatic rings. The number of hydrogen-bond acceptors (Lipinski definition) is 3. The molecule has 1 fully saturated rings. The first kappa shape index (κ1) is 12.1. The van der Waals surface area contributed by atoms with Gasteiger partial charge in [0.1, 0.15) is 0 Å². The van der Waals surface area contributed by atoms with Crippen molar-refractivity contribution < 1.29 is 0 Å². The van der Waals surface area contributed by atoms with Crippen LogP contribution in [-0.4, -0.2) is 11.0 Å². The maximum atomic E-state index is 6.07. The van der Waals surface area contributed by atoms with Gasteiger partial charge in [0.15, 0.2) is 0 Å². The average molecular weight is 238 g/mol. The summed E-state index contributed by atoms with van der Waals surface area (Å²) in [5, 5.41) is 3.50. The first-order chi connectivity index (χ1) is 7.40. The van der Waals surface area contributed by atoms with Gasteiger partial charge in [-0.1, -0.05) is 27.7 Å². The van der Waals surface area contributed by atoms with E-state index >= 15 is 0 Å². The highest BCUT2D eigenvalue weighted by Gasteiger charge is 2.48. The van der Waals surface area contributed by atoms with E-state index in [4.69, 9.17) is 10.7 Å². The molecule has 0 aliphatic heterocycles. The van der Waals surface area contributed by atoms with Crippen LogP contribution < -0.4 is 5.73 Å². The quantitative estimate of drug-likeness (QED) is 0.875. The summed E-state index contributed by atoms with van der Waals surface area (Å²) in [6.45, 7) is 8.97. The summed E-state index contributed by atoms with van der Waals surface area (Å²) in [5.74, 6) is 1.23. The summed E-state index contributed by atoms with van der Waals surface area (Å²) in [6, 6.07) is 0.238. The molecule has 2 N–H and O–H groups in total. The fourth-order valence-corrected chi connectivity index (χ4v) is 3.08. The molecule has 0 spiro atoms. The zero-order valence-corrected chi connectivity index (χ0v) is 11.5. The highest BCUT2D eigenvalue weighted by atomic mass is 32.1. The Kier molecular flexibility index (Phi) is 3.10. The molecule has 0 saturated heterocycles. The SMILES string of the molecule is CC(C)C(N)Cc1csc(C2CC2(C)C)n1. The molecule has 0 radical (unpaired) electrons. The lowest BCUT2D eigenvalue weighted by Gasteiger charge is -2.13. The second-order valence-corrected chi connectivity index (χ2v) is 6.92. The van der Waals surface area contributed by atoms with Gasteiger partial charge >= 0.3 is 0 Å². The van der Waals surface area contributed by atoms with Gasteiger partial charge in [0, 0.05) is 23.8 Å². The van der Waals surface area contributed by atoms with Crippen molar-refractivity contribution in [2.45, 2.75) is 52.5 Å². The van der Waals surface area contributed by atoms with E-state index in [2.05, 4.69) is 33.1 Å². The van der Waals surface area contributed by atoms with E-state index in [1.807, 2.05) is 11.3 Å². The number of nitrogens with two attached hydrogens (primary N) is 1. The number of hydrogen-bond donors (Lipinski definition) is 1. The molecule has 0 amide bonds. The zero-order chi connectivity index (χ0) is 11.9. The van der Waals surface area contributed by atoms with Crippen LogP contribution in [0.15, 0.2) is 5.38 Å². The predicted molar refractivity (Wildman–Crippen MR) is 69.8 cm³/mol. The van der Waals surface area contributed by atoms with Gasteiger partial charge in [-0.3, -0.25) is 0 Å². The highest BCUT2D eigenvalue weighted by Crippen LogP contribution is 2.59. The van der Waals surface area contributed by atoms with Gasteiger partial charge in [-0.15, -0.1) is 11.3 Å². The largest absolute Gasteiger partial charge is 0.327 e. The summed E-state index contributed by atoms with van der Waals surface area (Å²) in [5.41, 5.74) is 7.73. The van der Waals surface area contributed by atoms with Crippen LogP contribution in [0.4, 0.5) is 0 Å². The van der Waals surface area contributed by atoms with Crippen LogP contribution in [0.25, 0.3) is 0 Å². The van der Waals surface area contributed by atoms with E-state index in [1.54, 1.807) is 0 Å². The molecule has 1 saturated carbocycles. The van der Waals surface area contributed by atoms with Crippen LogP contribution in [0, 0.1) is 11.3 Å². The topological polar surface area (TPSA) is 38.9 Å². The Morgan fingerprint density at radius 3 is 2.69 bits per heavy atom. The summed E-state index contributed by atoms with van der Waals surface area (Å²) < 4.78 is 0. The first-order valence-electron chi connectivity index (χ1n) is 6.10. The molecule has 1 aliphatic carbocycles. The number of thiazole rings is 1. The molecule has 1 heterocycles. The van der Waals surface area contributed by atoms with Crippen molar-refractivity contribution >= 4 is 11.3 Å². The van der Waals surface area contributed by atoms with Gasteiger partial charge in [-0.05, 0) is 17.8 Å². The maximum Gasteiger partial charge on any atom is 0.0964 e. The molecule has 16 heavy (non-hydrogen) atoms. The van der Waals surface area contributed by atoms with E-state index in [9.17, 15) is 0 Å². The van der Waals surface area contributed by atoms with Crippen LogP contribution in [0.3, 0.4) is 0 Å². The molecule has 0 bridgehead atoms. The molecule has 0 aromatic carbocycles.